The summed E-state index contributed by atoms with van der Waals surface area (Å²) in [5.41, 5.74) is 8.18. The summed E-state index contributed by atoms with van der Waals surface area (Å²) in [5.74, 6) is -0.769. The third kappa shape index (κ3) is 3.35. The first-order valence-corrected chi connectivity index (χ1v) is 6.41. The van der Waals surface area contributed by atoms with Crippen LogP contribution < -0.4 is 11.1 Å². The summed E-state index contributed by atoms with van der Waals surface area (Å²) < 4.78 is 13.0. The van der Waals surface area contributed by atoms with Crippen LogP contribution in [0, 0.1) is 5.82 Å². The maximum atomic E-state index is 13.0. The maximum absolute atomic E-state index is 13.0. The van der Waals surface area contributed by atoms with Gasteiger partial charge in [0.1, 0.15) is 5.82 Å². The Hall–Kier alpha value is -2.36. The molecule has 0 aliphatic rings. The Balaban J connectivity index is 2.28. The van der Waals surface area contributed by atoms with E-state index in [1.807, 2.05) is 18.2 Å². The molecular weight excluding hydrogens is 255 g/mol. The predicted molar refractivity (Wildman–Crippen MR) is 77.8 cm³/mol. The van der Waals surface area contributed by atoms with E-state index in [-0.39, 0.29) is 17.6 Å². The molecule has 0 aromatic heterocycles. The SMILES string of the molecule is CNC(=O)C(Cc1cccc(N)c1)c1ccc(F)cc1. The van der Waals surface area contributed by atoms with Crippen LogP contribution in [-0.4, -0.2) is 13.0 Å². The van der Waals surface area contributed by atoms with Crippen LogP contribution >= 0.6 is 0 Å². The van der Waals surface area contributed by atoms with Crippen molar-refractivity contribution in [2.24, 2.45) is 0 Å². The van der Waals surface area contributed by atoms with Crippen molar-refractivity contribution in [2.45, 2.75) is 12.3 Å². The second-order valence-electron chi connectivity index (χ2n) is 4.67. The fourth-order valence-corrected chi connectivity index (χ4v) is 2.19. The first kappa shape index (κ1) is 14.1. The summed E-state index contributed by atoms with van der Waals surface area (Å²) in [4.78, 5) is 12.1. The molecule has 0 saturated carbocycles. The zero-order chi connectivity index (χ0) is 14.5. The molecule has 0 heterocycles. The summed E-state index contributed by atoms with van der Waals surface area (Å²) >= 11 is 0. The molecule has 3 nitrogen and oxygen atoms in total. The lowest BCUT2D eigenvalue weighted by Crippen LogP contribution is -2.27. The molecule has 1 unspecified atom stereocenters. The van der Waals surface area contributed by atoms with E-state index in [2.05, 4.69) is 5.32 Å². The van der Waals surface area contributed by atoms with Crippen molar-refractivity contribution in [1.29, 1.82) is 0 Å². The number of rotatable bonds is 4. The van der Waals surface area contributed by atoms with Gasteiger partial charge in [-0.1, -0.05) is 24.3 Å². The van der Waals surface area contributed by atoms with Gasteiger partial charge in [0.2, 0.25) is 5.91 Å². The van der Waals surface area contributed by atoms with Gasteiger partial charge in [-0.3, -0.25) is 4.79 Å². The second kappa shape index (κ2) is 6.19. The molecule has 4 heteroatoms. The van der Waals surface area contributed by atoms with Crippen molar-refractivity contribution < 1.29 is 9.18 Å². The van der Waals surface area contributed by atoms with Gasteiger partial charge in [-0.15, -0.1) is 0 Å². The lowest BCUT2D eigenvalue weighted by molar-refractivity contribution is -0.122. The number of nitrogens with two attached hydrogens (primary N) is 1. The van der Waals surface area contributed by atoms with Crippen LogP contribution in [-0.2, 0) is 11.2 Å². The van der Waals surface area contributed by atoms with Crippen molar-refractivity contribution in [3.8, 4) is 0 Å². The number of carbonyl (C=O) groups excluding carboxylic acids is 1. The number of benzene rings is 2. The number of nitrogens with one attached hydrogen (secondary N) is 1. The molecule has 0 bridgehead atoms. The van der Waals surface area contributed by atoms with Crippen molar-refractivity contribution in [3.63, 3.8) is 0 Å². The molecule has 0 aliphatic carbocycles. The minimum Gasteiger partial charge on any atom is -0.399 e. The molecule has 0 fully saturated rings. The third-order valence-corrected chi connectivity index (χ3v) is 3.23. The monoisotopic (exact) mass is 272 g/mol. The van der Waals surface area contributed by atoms with Gasteiger partial charge in [0.15, 0.2) is 0 Å². The summed E-state index contributed by atoms with van der Waals surface area (Å²) in [7, 11) is 1.60. The van der Waals surface area contributed by atoms with E-state index in [1.54, 1.807) is 25.2 Å². The first-order valence-electron chi connectivity index (χ1n) is 6.41. The Morgan fingerprint density at radius 3 is 2.55 bits per heavy atom. The second-order valence-corrected chi connectivity index (χ2v) is 4.67. The maximum Gasteiger partial charge on any atom is 0.227 e. The number of anilines is 1. The van der Waals surface area contributed by atoms with E-state index < -0.39 is 0 Å². The van der Waals surface area contributed by atoms with Gasteiger partial charge in [-0.25, -0.2) is 4.39 Å². The Bertz CT molecular complexity index is 596. The molecule has 1 atom stereocenters. The number of likely N-dealkylation sites (N-methyl/N-ethyl adjacent to an activating group) is 1. The molecule has 0 saturated heterocycles. The molecule has 3 N–H and O–H groups in total. The molecule has 2 aromatic carbocycles. The Kier molecular flexibility index (Phi) is 4.35. The van der Waals surface area contributed by atoms with Gasteiger partial charge >= 0.3 is 0 Å². The lowest BCUT2D eigenvalue weighted by Gasteiger charge is -2.16. The molecule has 1 amide bonds. The molecule has 2 aromatic rings. The van der Waals surface area contributed by atoms with E-state index in [1.165, 1.54) is 12.1 Å². The lowest BCUT2D eigenvalue weighted by atomic mass is 9.91. The van der Waals surface area contributed by atoms with Crippen LogP contribution in [0.4, 0.5) is 10.1 Å². The topological polar surface area (TPSA) is 55.1 Å². The van der Waals surface area contributed by atoms with Gasteiger partial charge in [-0.2, -0.15) is 0 Å². The van der Waals surface area contributed by atoms with E-state index in [0.717, 1.165) is 11.1 Å². The van der Waals surface area contributed by atoms with Gasteiger partial charge in [0.05, 0.1) is 5.92 Å². The number of carbonyl (C=O) groups is 1. The van der Waals surface area contributed by atoms with Crippen molar-refractivity contribution in [2.75, 3.05) is 12.8 Å². The minimum absolute atomic E-state index is 0.0981. The number of hydrogen-bond acceptors (Lipinski definition) is 2. The number of hydrogen-bond donors (Lipinski definition) is 2. The fraction of sp³-hybridized carbons (Fsp3) is 0.188. The third-order valence-electron chi connectivity index (χ3n) is 3.23. The van der Waals surface area contributed by atoms with Crippen molar-refractivity contribution in [3.05, 3.63) is 65.5 Å². The van der Waals surface area contributed by atoms with Crippen LogP contribution in [0.3, 0.4) is 0 Å². The van der Waals surface area contributed by atoms with Gasteiger partial charge in [0.25, 0.3) is 0 Å². The summed E-state index contributed by atoms with van der Waals surface area (Å²) in [5, 5.41) is 2.65. The fourth-order valence-electron chi connectivity index (χ4n) is 2.19. The van der Waals surface area contributed by atoms with Crippen molar-refractivity contribution >= 4 is 11.6 Å². The van der Waals surface area contributed by atoms with Crippen LogP contribution in [0.2, 0.25) is 0 Å². The Morgan fingerprint density at radius 2 is 1.95 bits per heavy atom. The molecule has 0 radical (unpaired) electrons. The summed E-state index contributed by atoms with van der Waals surface area (Å²) in [6, 6.07) is 13.4. The van der Waals surface area contributed by atoms with Gasteiger partial charge in [-0.05, 0) is 41.8 Å². The minimum atomic E-state index is -0.359. The number of amides is 1. The van der Waals surface area contributed by atoms with Crippen LogP contribution in [0.15, 0.2) is 48.5 Å². The van der Waals surface area contributed by atoms with Gasteiger partial charge < -0.3 is 11.1 Å². The van der Waals surface area contributed by atoms with Crippen molar-refractivity contribution in [1.82, 2.24) is 5.32 Å². The average Bonchev–Trinajstić information content (AvgIpc) is 2.45. The zero-order valence-corrected chi connectivity index (χ0v) is 11.3. The van der Waals surface area contributed by atoms with E-state index in [4.69, 9.17) is 5.73 Å². The molecule has 2 rings (SSSR count). The Morgan fingerprint density at radius 1 is 1.25 bits per heavy atom. The standard InChI is InChI=1S/C16H17FN2O/c1-19-16(20)15(12-5-7-13(17)8-6-12)10-11-3-2-4-14(18)9-11/h2-9,15H,10,18H2,1H3,(H,19,20). The number of nitrogen functional groups attached to an aromatic ring is 1. The van der Waals surface area contributed by atoms with Crippen LogP contribution in [0.25, 0.3) is 0 Å². The Labute approximate surface area is 117 Å². The highest BCUT2D eigenvalue weighted by molar-refractivity contribution is 5.83. The molecule has 0 spiro atoms. The molecule has 20 heavy (non-hydrogen) atoms. The average molecular weight is 272 g/mol. The predicted octanol–water partition coefficient (Wildman–Crippen LogP) is 2.48. The van der Waals surface area contributed by atoms with E-state index in [9.17, 15) is 9.18 Å². The van der Waals surface area contributed by atoms with E-state index in [0.29, 0.717) is 12.1 Å². The summed E-state index contributed by atoms with van der Waals surface area (Å²) in [6.07, 6.45) is 0.524. The highest BCUT2D eigenvalue weighted by Gasteiger charge is 2.20. The molecule has 104 valence electrons. The number of halogens is 1. The molecule has 0 aliphatic heterocycles. The zero-order valence-electron chi connectivity index (χ0n) is 11.3. The highest BCUT2D eigenvalue weighted by atomic mass is 19.1. The van der Waals surface area contributed by atoms with Crippen LogP contribution in [0.1, 0.15) is 17.0 Å². The largest absolute Gasteiger partial charge is 0.399 e. The highest BCUT2D eigenvalue weighted by Crippen LogP contribution is 2.22. The van der Waals surface area contributed by atoms with Gasteiger partial charge in [0, 0.05) is 12.7 Å². The quantitative estimate of drug-likeness (QED) is 0.840. The summed E-state index contributed by atoms with van der Waals surface area (Å²) in [6.45, 7) is 0. The molecular formula is C16H17FN2O. The van der Waals surface area contributed by atoms with E-state index >= 15 is 0 Å². The normalized spacial score (nSPS) is 11.9. The first-order chi connectivity index (χ1) is 9.60. The smallest absolute Gasteiger partial charge is 0.227 e. The van der Waals surface area contributed by atoms with Crippen LogP contribution in [0.5, 0.6) is 0 Å².